The molecule has 6 heteroatoms. The van der Waals surface area contributed by atoms with Gasteiger partial charge in [-0.3, -0.25) is 0 Å². The molecule has 2 rings (SSSR count). The minimum Gasteiger partial charge on any atom is -0.444 e. The maximum absolute atomic E-state index is 11.8. The van der Waals surface area contributed by atoms with E-state index in [1.807, 2.05) is 27.7 Å². The van der Waals surface area contributed by atoms with Crippen LogP contribution in [0.2, 0.25) is 0 Å². The molecule has 1 atom stereocenters. The van der Waals surface area contributed by atoms with E-state index in [1.54, 1.807) is 0 Å². The Kier molecular flexibility index (Phi) is 4.95. The van der Waals surface area contributed by atoms with Crippen molar-refractivity contribution in [1.29, 1.82) is 0 Å². The van der Waals surface area contributed by atoms with E-state index in [-0.39, 0.29) is 12.1 Å². The van der Waals surface area contributed by atoms with Gasteiger partial charge >= 0.3 is 6.09 Å². The molecule has 1 aromatic rings. The van der Waals surface area contributed by atoms with Crippen LogP contribution in [0.25, 0.3) is 0 Å². The minimum absolute atomic E-state index is 0.111. The van der Waals surface area contributed by atoms with Crippen LogP contribution in [0, 0.1) is 10.5 Å². The van der Waals surface area contributed by atoms with E-state index in [0.29, 0.717) is 0 Å². The predicted octanol–water partition coefficient (Wildman–Crippen LogP) is 3.10. The van der Waals surface area contributed by atoms with Crippen LogP contribution in [0.3, 0.4) is 0 Å². The van der Waals surface area contributed by atoms with Crippen molar-refractivity contribution < 1.29 is 9.53 Å². The maximum Gasteiger partial charge on any atom is 0.407 e. The number of nitrogens with one attached hydrogen (secondary N) is 1. The molecular formula is C15H22IN3O2. The van der Waals surface area contributed by atoms with E-state index in [9.17, 15) is 4.79 Å². The van der Waals surface area contributed by atoms with Gasteiger partial charge in [0.15, 0.2) is 0 Å². The molecule has 116 valence electrons. The highest BCUT2D eigenvalue weighted by Crippen LogP contribution is 2.21. The van der Waals surface area contributed by atoms with Gasteiger partial charge in [0, 0.05) is 22.4 Å². The van der Waals surface area contributed by atoms with Crippen molar-refractivity contribution in [3.05, 3.63) is 21.4 Å². The van der Waals surface area contributed by atoms with E-state index in [4.69, 9.17) is 4.74 Å². The third-order valence-electron chi connectivity index (χ3n) is 3.14. The fourth-order valence-corrected chi connectivity index (χ4v) is 3.06. The lowest BCUT2D eigenvalue weighted by Crippen LogP contribution is -2.40. The molecule has 1 aliphatic heterocycles. The van der Waals surface area contributed by atoms with E-state index >= 15 is 0 Å². The summed E-state index contributed by atoms with van der Waals surface area (Å²) in [6.07, 6.45) is 0.562. The Morgan fingerprint density at radius 3 is 2.81 bits per heavy atom. The molecule has 0 bridgehead atoms. The molecule has 1 saturated heterocycles. The Morgan fingerprint density at radius 1 is 1.48 bits per heavy atom. The van der Waals surface area contributed by atoms with E-state index in [1.165, 1.54) is 3.57 Å². The first-order valence-electron chi connectivity index (χ1n) is 7.11. The first kappa shape index (κ1) is 16.3. The molecule has 5 nitrogen and oxygen atoms in total. The third-order valence-corrected chi connectivity index (χ3v) is 3.76. The molecule has 0 radical (unpaired) electrons. The van der Waals surface area contributed by atoms with Crippen LogP contribution in [-0.2, 0) is 4.74 Å². The van der Waals surface area contributed by atoms with Gasteiger partial charge in [0.2, 0.25) is 0 Å². The van der Waals surface area contributed by atoms with Gasteiger partial charge in [0.1, 0.15) is 11.4 Å². The first-order valence-corrected chi connectivity index (χ1v) is 8.19. The number of hydrogen-bond donors (Lipinski definition) is 1. The summed E-state index contributed by atoms with van der Waals surface area (Å²) in [7, 11) is 0. The zero-order chi connectivity index (χ0) is 15.6. The average Bonchev–Trinajstić information content (AvgIpc) is 2.73. The number of nitrogens with zero attached hydrogens (tertiary/aromatic N) is 2. The second kappa shape index (κ2) is 6.37. The zero-order valence-corrected chi connectivity index (χ0v) is 15.1. The standard InChI is InChI=1S/C15H22IN3O2/c1-10-7-11(16)8-13(17-10)19-6-5-12(9-19)18-14(20)21-15(2,3)4/h7-8,12H,5-6,9H2,1-4H3,(H,18,20). The third kappa shape index (κ3) is 5.01. The van der Waals surface area contributed by atoms with Gasteiger partial charge in [-0.2, -0.15) is 0 Å². The number of ether oxygens (including phenoxy) is 1. The second-order valence-corrected chi connectivity index (χ2v) is 7.61. The van der Waals surface area contributed by atoms with Crippen LogP contribution in [-0.4, -0.2) is 35.8 Å². The number of carbonyl (C=O) groups excluding carboxylic acids is 1. The Bertz CT molecular complexity index is 508. The molecular weight excluding hydrogens is 381 g/mol. The van der Waals surface area contributed by atoms with Crippen molar-refractivity contribution >= 4 is 34.5 Å². The fraction of sp³-hybridized carbons (Fsp3) is 0.600. The molecule has 21 heavy (non-hydrogen) atoms. The summed E-state index contributed by atoms with van der Waals surface area (Å²) >= 11 is 2.30. The number of amides is 1. The Labute approximate surface area is 139 Å². The van der Waals surface area contributed by atoms with Crippen molar-refractivity contribution in [3.8, 4) is 0 Å². The largest absolute Gasteiger partial charge is 0.444 e. The number of aryl methyl sites for hydroxylation is 1. The van der Waals surface area contributed by atoms with Gasteiger partial charge in [-0.1, -0.05) is 0 Å². The summed E-state index contributed by atoms with van der Waals surface area (Å²) < 4.78 is 6.47. The highest BCUT2D eigenvalue weighted by Gasteiger charge is 2.27. The number of aromatic nitrogens is 1. The van der Waals surface area contributed by atoms with Gasteiger partial charge in [-0.25, -0.2) is 9.78 Å². The van der Waals surface area contributed by atoms with Gasteiger partial charge < -0.3 is 15.0 Å². The zero-order valence-electron chi connectivity index (χ0n) is 12.9. The van der Waals surface area contributed by atoms with Crippen LogP contribution < -0.4 is 10.2 Å². The highest BCUT2D eigenvalue weighted by molar-refractivity contribution is 14.1. The van der Waals surface area contributed by atoms with Crippen LogP contribution in [0.15, 0.2) is 12.1 Å². The summed E-state index contributed by atoms with van der Waals surface area (Å²) in [5.74, 6) is 0.980. The molecule has 1 unspecified atom stereocenters. The highest BCUT2D eigenvalue weighted by atomic mass is 127. The molecule has 1 amide bonds. The van der Waals surface area contributed by atoms with Crippen molar-refractivity contribution in [2.75, 3.05) is 18.0 Å². The Hall–Kier alpha value is -1.05. The number of hydrogen-bond acceptors (Lipinski definition) is 4. The lowest BCUT2D eigenvalue weighted by molar-refractivity contribution is 0.0509. The molecule has 0 saturated carbocycles. The summed E-state index contributed by atoms with van der Waals surface area (Å²) in [6, 6.07) is 4.24. The number of halogens is 1. The number of rotatable bonds is 2. The molecule has 0 aliphatic carbocycles. The van der Waals surface area contributed by atoms with Crippen molar-refractivity contribution in [2.24, 2.45) is 0 Å². The van der Waals surface area contributed by atoms with E-state index in [0.717, 1.165) is 31.0 Å². The average molecular weight is 403 g/mol. The molecule has 0 spiro atoms. The lowest BCUT2D eigenvalue weighted by atomic mass is 10.2. The quantitative estimate of drug-likeness (QED) is 0.772. The lowest BCUT2D eigenvalue weighted by Gasteiger charge is -2.22. The van der Waals surface area contributed by atoms with Crippen molar-refractivity contribution in [2.45, 2.75) is 45.8 Å². The first-order chi connectivity index (χ1) is 9.73. The molecule has 1 aromatic heterocycles. The second-order valence-electron chi connectivity index (χ2n) is 6.36. The number of anilines is 1. The number of pyridine rings is 1. The summed E-state index contributed by atoms with van der Waals surface area (Å²) in [5, 5.41) is 2.93. The summed E-state index contributed by atoms with van der Waals surface area (Å²) in [5.41, 5.74) is 0.553. The van der Waals surface area contributed by atoms with Gasteiger partial charge in [0.05, 0.1) is 6.04 Å². The summed E-state index contributed by atoms with van der Waals surface area (Å²) in [6.45, 7) is 9.27. The van der Waals surface area contributed by atoms with Crippen LogP contribution in [0.4, 0.5) is 10.6 Å². The van der Waals surface area contributed by atoms with E-state index < -0.39 is 5.60 Å². The fourth-order valence-electron chi connectivity index (χ4n) is 2.33. The number of carbonyl (C=O) groups is 1. The Morgan fingerprint density at radius 2 is 2.19 bits per heavy atom. The molecule has 2 heterocycles. The smallest absolute Gasteiger partial charge is 0.407 e. The molecule has 0 aromatic carbocycles. The minimum atomic E-state index is -0.462. The normalized spacial score (nSPS) is 18.7. The molecule has 1 fully saturated rings. The molecule has 1 N–H and O–H groups in total. The van der Waals surface area contributed by atoms with Crippen molar-refractivity contribution in [3.63, 3.8) is 0 Å². The van der Waals surface area contributed by atoms with Crippen LogP contribution >= 0.6 is 22.6 Å². The molecule has 1 aliphatic rings. The predicted molar refractivity (Wildman–Crippen MR) is 91.7 cm³/mol. The SMILES string of the molecule is Cc1cc(I)cc(N2CCC(NC(=O)OC(C)(C)C)C2)n1. The number of alkyl carbamates (subject to hydrolysis) is 1. The maximum atomic E-state index is 11.8. The van der Waals surface area contributed by atoms with E-state index in [2.05, 4.69) is 49.9 Å². The topological polar surface area (TPSA) is 54.5 Å². The van der Waals surface area contributed by atoms with Gasteiger partial charge in [0.25, 0.3) is 0 Å². The van der Waals surface area contributed by atoms with Crippen LogP contribution in [0.1, 0.15) is 32.9 Å². The van der Waals surface area contributed by atoms with Gasteiger partial charge in [-0.15, -0.1) is 0 Å². The van der Waals surface area contributed by atoms with Crippen molar-refractivity contribution in [1.82, 2.24) is 10.3 Å². The van der Waals surface area contributed by atoms with Crippen LogP contribution in [0.5, 0.6) is 0 Å². The van der Waals surface area contributed by atoms with Gasteiger partial charge in [-0.05, 0) is 68.8 Å². The Balaban J connectivity index is 1.93. The summed E-state index contributed by atoms with van der Waals surface area (Å²) in [4.78, 5) is 18.6. The monoisotopic (exact) mass is 403 g/mol.